The van der Waals surface area contributed by atoms with E-state index in [-0.39, 0.29) is 11.5 Å². The van der Waals surface area contributed by atoms with E-state index >= 15 is 0 Å². The molecule has 2 N–H and O–H groups in total. The SMILES string of the molecule is CCC(C(=O)O)=C1NC(=O)CS1. The summed E-state index contributed by atoms with van der Waals surface area (Å²) in [5, 5.41) is 11.7. The quantitative estimate of drug-likeness (QED) is 0.620. The first-order valence-electron chi connectivity index (χ1n) is 3.54. The van der Waals surface area contributed by atoms with Gasteiger partial charge in [-0.3, -0.25) is 4.79 Å². The van der Waals surface area contributed by atoms with Gasteiger partial charge in [0.25, 0.3) is 0 Å². The summed E-state index contributed by atoms with van der Waals surface area (Å²) in [6.07, 6.45) is 0.429. The van der Waals surface area contributed by atoms with Crippen LogP contribution >= 0.6 is 11.8 Å². The lowest BCUT2D eigenvalue weighted by molar-refractivity contribution is -0.132. The number of carboxylic acids is 1. The van der Waals surface area contributed by atoms with Gasteiger partial charge in [-0.05, 0) is 6.42 Å². The van der Waals surface area contributed by atoms with Gasteiger partial charge in [-0.1, -0.05) is 18.7 Å². The van der Waals surface area contributed by atoms with Crippen LogP contribution in [0.2, 0.25) is 0 Å². The Morgan fingerprint density at radius 3 is 2.75 bits per heavy atom. The van der Waals surface area contributed by atoms with Gasteiger partial charge in [0.1, 0.15) is 0 Å². The molecular formula is C7H9NO3S. The first kappa shape index (κ1) is 9.12. The van der Waals surface area contributed by atoms with Crippen molar-refractivity contribution in [3.63, 3.8) is 0 Å². The number of hydrogen-bond donors (Lipinski definition) is 2. The first-order valence-corrected chi connectivity index (χ1v) is 4.52. The summed E-state index contributed by atoms with van der Waals surface area (Å²) >= 11 is 1.25. The number of carbonyl (C=O) groups excluding carboxylic acids is 1. The van der Waals surface area contributed by atoms with Crippen molar-refractivity contribution >= 4 is 23.6 Å². The fourth-order valence-electron chi connectivity index (χ4n) is 0.908. The highest BCUT2D eigenvalue weighted by Crippen LogP contribution is 2.24. The van der Waals surface area contributed by atoms with Crippen molar-refractivity contribution in [2.45, 2.75) is 13.3 Å². The van der Waals surface area contributed by atoms with Crippen molar-refractivity contribution in [1.29, 1.82) is 0 Å². The van der Waals surface area contributed by atoms with Crippen LogP contribution in [0.1, 0.15) is 13.3 Å². The van der Waals surface area contributed by atoms with Crippen LogP contribution in [-0.4, -0.2) is 22.7 Å². The number of nitrogens with one attached hydrogen (secondary N) is 1. The molecule has 1 heterocycles. The number of thioether (sulfide) groups is 1. The van der Waals surface area contributed by atoms with E-state index in [0.29, 0.717) is 17.2 Å². The standard InChI is InChI=1S/C7H9NO3S/c1-2-4(7(10)11)6-8-5(9)3-12-6/h2-3H2,1H3,(H,8,9)(H,10,11). The third kappa shape index (κ3) is 1.79. The number of amides is 1. The molecule has 0 spiro atoms. The van der Waals surface area contributed by atoms with E-state index in [1.807, 2.05) is 0 Å². The smallest absolute Gasteiger partial charge is 0.334 e. The molecule has 1 aliphatic rings. The first-order chi connectivity index (χ1) is 5.65. The summed E-state index contributed by atoms with van der Waals surface area (Å²) < 4.78 is 0. The molecule has 0 radical (unpaired) electrons. The molecule has 0 unspecified atom stereocenters. The summed E-state index contributed by atoms with van der Waals surface area (Å²) in [6, 6.07) is 0. The minimum atomic E-state index is -0.956. The Labute approximate surface area is 74.0 Å². The minimum Gasteiger partial charge on any atom is -0.478 e. The van der Waals surface area contributed by atoms with Crippen LogP contribution in [-0.2, 0) is 9.59 Å². The largest absolute Gasteiger partial charge is 0.478 e. The molecule has 1 aliphatic heterocycles. The summed E-state index contributed by atoms with van der Waals surface area (Å²) in [5.74, 6) is -0.754. The van der Waals surface area contributed by atoms with Crippen LogP contribution in [0.3, 0.4) is 0 Å². The number of hydrogen-bond acceptors (Lipinski definition) is 3. The molecule has 0 aliphatic carbocycles. The van der Waals surface area contributed by atoms with Crippen molar-refractivity contribution in [3.05, 3.63) is 10.6 Å². The number of carbonyl (C=O) groups is 2. The Balaban J connectivity index is 2.87. The van der Waals surface area contributed by atoms with Crippen LogP contribution in [0.25, 0.3) is 0 Å². The van der Waals surface area contributed by atoms with Crippen LogP contribution < -0.4 is 5.32 Å². The van der Waals surface area contributed by atoms with E-state index in [4.69, 9.17) is 5.11 Å². The maximum absolute atomic E-state index is 10.7. The number of carboxylic acid groups (broad SMARTS) is 1. The van der Waals surface area contributed by atoms with Gasteiger partial charge in [-0.25, -0.2) is 4.79 Å². The Morgan fingerprint density at radius 1 is 1.75 bits per heavy atom. The summed E-state index contributed by atoms with van der Waals surface area (Å²) in [7, 11) is 0. The van der Waals surface area contributed by atoms with Gasteiger partial charge in [0.15, 0.2) is 0 Å². The Kier molecular flexibility index (Phi) is 2.75. The van der Waals surface area contributed by atoms with Gasteiger partial charge in [-0.15, -0.1) is 0 Å². The predicted molar refractivity (Wildman–Crippen MR) is 45.6 cm³/mol. The molecule has 1 amide bonds. The highest BCUT2D eigenvalue weighted by molar-refractivity contribution is 8.04. The fraction of sp³-hybridized carbons (Fsp3) is 0.429. The van der Waals surface area contributed by atoms with Gasteiger partial charge in [-0.2, -0.15) is 0 Å². The number of rotatable bonds is 2. The summed E-state index contributed by atoms with van der Waals surface area (Å²) in [4.78, 5) is 21.3. The van der Waals surface area contributed by atoms with Crippen molar-refractivity contribution in [2.75, 3.05) is 5.75 Å². The molecule has 5 heteroatoms. The lowest BCUT2D eigenvalue weighted by Crippen LogP contribution is -2.17. The summed E-state index contributed by atoms with van der Waals surface area (Å²) in [5.41, 5.74) is 0.283. The van der Waals surface area contributed by atoms with Crippen molar-refractivity contribution in [1.82, 2.24) is 5.32 Å². The van der Waals surface area contributed by atoms with Gasteiger partial charge in [0.05, 0.1) is 16.4 Å². The zero-order valence-electron chi connectivity index (χ0n) is 6.59. The number of aliphatic carboxylic acids is 1. The molecule has 0 atom stereocenters. The van der Waals surface area contributed by atoms with Crippen molar-refractivity contribution < 1.29 is 14.7 Å². The van der Waals surface area contributed by atoms with E-state index in [0.717, 1.165) is 0 Å². The van der Waals surface area contributed by atoms with E-state index in [2.05, 4.69) is 5.32 Å². The normalized spacial score (nSPS) is 20.6. The summed E-state index contributed by atoms with van der Waals surface area (Å²) in [6.45, 7) is 1.75. The second kappa shape index (κ2) is 3.62. The van der Waals surface area contributed by atoms with Gasteiger partial charge in [0, 0.05) is 0 Å². The molecule has 0 aromatic heterocycles. The molecule has 12 heavy (non-hydrogen) atoms. The highest BCUT2D eigenvalue weighted by atomic mass is 32.2. The topological polar surface area (TPSA) is 66.4 Å². The van der Waals surface area contributed by atoms with Crippen LogP contribution in [0.5, 0.6) is 0 Å². The maximum Gasteiger partial charge on any atom is 0.334 e. The second-order valence-electron chi connectivity index (χ2n) is 2.30. The van der Waals surface area contributed by atoms with Crippen LogP contribution in [0, 0.1) is 0 Å². The monoisotopic (exact) mass is 187 g/mol. The molecule has 1 rings (SSSR count). The van der Waals surface area contributed by atoms with Crippen LogP contribution in [0.4, 0.5) is 0 Å². The molecule has 1 fully saturated rings. The molecule has 1 saturated heterocycles. The Hall–Kier alpha value is -0.970. The third-order valence-electron chi connectivity index (χ3n) is 1.49. The van der Waals surface area contributed by atoms with E-state index in [1.54, 1.807) is 6.92 Å². The zero-order chi connectivity index (χ0) is 9.14. The Morgan fingerprint density at radius 2 is 2.42 bits per heavy atom. The molecule has 0 bridgehead atoms. The van der Waals surface area contributed by atoms with Crippen LogP contribution in [0.15, 0.2) is 10.6 Å². The lowest BCUT2D eigenvalue weighted by atomic mass is 10.2. The van der Waals surface area contributed by atoms with Gasteiger partial charge < -0.3 is 10.4 Å². The van der Waals surface area contributed by atoms with Crippen molar-refractivity contribution in [2.24, 2.45) is 0 Å². The van der Waals surface area contributed by atoms with Gasteiger partial charge >= 0.3 is 5.97 Å². The fourth-order valence-corrected chi connectivity index (χ4v) is 1.85. The van der Waals surface area contributed by atoms with Crippen molar-refractivity contribution in [3.8, 4) is 0 Å². The van der Waals surface area contributed by atoms with E-state index in [9.17, 15) is 9.59 Å². The lowest BCUT2D eigenvalue weighted by Gasteiger charge is -2.01. The molecule has 0 saturated carbocycles. The average molecular weight is 187 g/mol. The Bertz CT molecular complexity index is 259. The predicted octanol–water partition coefficient (Wildman–Crippen LogP) is 0.556. The third-order valence-corrected chi connectivity index (χ3v) is 2.53. The zero-order valence-corrected chi connectivity index (χ0v) is 7.40. The molecule has 0 aromatic carbocycles. The molecule has 0 aromatic rings. The van der Waals surface area contributed by atoms with Gasteiger partial charge in [0.2, 0.25) is 5.91 Å². The molecule has 4 nitrogen and oxygen atoms in total. The maximum atomic E-state index is 10.7. The second-order valence-corrected chi connectivity index (χ2v) is 3.29. The minimum absolute atomic E-state index is 0.123. The molecule has 66 valence electrons. The molecular weight excluding hydrogens is 178 g/mol. The average Bonchev–Trinajstić information content (AvgIpc) is 2.37. The highest BCUT2D eigenvalue weighted by Gasteiger charge is 2.21. The van der Waals surface area contributed by atoms with E-state index in [1.165, 1.54) is 11.8 Å². The van der Waals surface area contributed by atoms with E-state index < -0.39 is 5.97 Å².